The number of para-hydroxylation sites is 2. The molecule has 0 bridgehead atoms. The summed E-state index contributed by atoms with van der Waals surface area (Å²) in [6.45, 7) is 4.63. The van der Waals surface area contributed by atoms with Gasteiger partial charge in [-0.3, -0.25) is 4.79 Å². The van der Waals surface area contributed by atoms with Gasteiger partial charge in [-0.2, -0.15) is 0 Å². The number of halogens is 1. The molecule has 0 atom stereocenters. The molecular weight excluding hydrogens is 328 g/mol. The molecular formula is C17H19BrN2O. The molecule has 2 N–H and O–H groups in total. The minimum atomic E-state index is -0.0141. The average molecular weight is 347 g/mol. The Morgan fingerprint density at radius 3 is 2.57 bits per heavy atom. The molecule has 4 heteroatoms. The summed E-state index contributed by atoms with van der Waals surface area (Å²) in [5.41, 5.74) is 9.07. The number of benzene rings is 2. The molecule has 110 valence electrons. The average Bonchev–Trinajstić information content (AvgIpc) is 2.45. The van der Waals surface area contributed by atoms with Gasteiger partial charge in [0.15, 0.2) is 0 Å². The SMILES string of the molecule is CCCN(C(=O)c1ccc(Br)cc1C)c1ccccc1N. The molecule has 0 saturated heterocycles. The van der Waals surface area contributed by atoms with Crippen LogP contribution in [0.3, 0.4) is 0 Å². The van der Waals surface area contributed by atoms with E-state index in [4.69, 9.17) is 5.73 Å². The molecule has 0 aliphatic carbocycles. The van der Waals surface area contributed by atoms with E-state index < -0.39 is 0 Å². The molecule has 1 amide bonds. The molecule has 0 aromatic heterocycles. The van der Waals surface area contributed by atoms with Gasteiger partial charge in [0.1, 0.15) is 0 Å². The van der Waals surface area contributed by atoms with Crippen LogP contribution in [0.25, 0.3) is 0 Å². The Hall–Kier alpha value is -1.81. The zero-order chi connectivity index (χ0) is 15.4. The van der Waals surface area contributed by atoms with Crippen LogP contribution in [-0.4, -0.2) is 12.5 Å². The van der Waals surface area contributed by atoms with Gasteiger partial charge in [0.25, 0.3) is 5.91 Å². The van der Waals surface area contributed by atoms with Crippen molar-refractivity contribution < 1.29 is 4.79 Å². The number of rotatable bonds is 4. The Balaban J connectivity index is 2.43. The second-order valence-corrected chi connectivity index (χ2v) is 5.89. The summed E-state index contributed by atoms with van der Waals surface area (Å²) in [6, 6.07) is 13.2. The van der Waals surface area contributed by atoms with Crippen molar-refractivity contribution in [1.82, 2.24) is 0 Å². The number of nitrogens with two attached hydrogens (primary N) is 1. The van der Waals surface area contributed by atoms with Crippen LogP contribution in [-0.2, 0) is 0 Å². The number of amides is 1. The van der Waals surface area contributed by atoms with E-state index >= 15 is 0 Å². The molecule has 2 rings (SSSR count). The maximum atomic E-state index is 12.9. The second kappa shape index (κ2) is 6.76. The number of anilines is 2. The third kappa shape index (κ3) is 3.45. The smallest absolute Gasteiger partial charge is 0.258 e. The van der Waals surface area contributed by atoms with Gasteiger partial charge < -0.3 is 10.6 Å². The zero-order valence-electron chi connectivity index (χ0n) is 12.3. The van der Waals surface area contributed by atoms with Crippen LogP contribution >= 0.6 is 15.9 Å². The lowest BCUT2D eigenvalue weighted by atomic mass is 10.1. The van der Waals surface area contributed by atoms with Crippen molar-refractivity contribution in [3.05, 3.63) is 58.1 Å². The van der Waals surface area contributed by atoms with Gasteiger partial charge in [-0.1, -0.05) is 35.0 Å². The maximum Gasteiger partial charge on any atom is 0.258 e. The maximum absolute atomic E-state index is 12.9. The van der Waals surface area contributed by atoms with E-state index in [-0.39, 0.29) is 5.91 Å². The summed E-state index contributed by atoms with van der Waals surface area (Å²) in [5.74, 6) is -0.0141. The van der Waals surface area contributed by atoms with Crippen LogP contribution in [0.4, 0.5) is 11.4 Å². The third-order valence-electron chi connectivity index (χ3n) is 3.34. The number of hydrogen-bond acceptors (Lipinski definition) is 2. The summed E-state index contributed by atoms with van der Waals surface area (Å²) in [4.78, 5) is 14.6. The standard InChI is InChI=1S/C17H19BrN2O/c1-3-10-20(16-7-5-4-6-15(16)19)17(21)14-9-8-13(18)11-12(14)2/h4-9,11H,3,10,19H2,1-2H3. The van der Waals surface area contributed by atoms with E-state index in [1.54, 1.807) is 4.90 Å². The largest absolute Gasteiger partial charge is 0.397 e. The fourth-order valence-corrected chi connectivity index (χ4v) is 2.78. The fourth-order valence-electron chi connectivity index (χ4n) is 2.30. The quantitative estimate of drug-likeness (QED) is 0.834. The van der Waals surface area contributed by atoms with Crippen molar-refractivity contribution in [3.8, 4) is 0 Å². The summed E-state index contributed by atoms with van der Waals surface area (Å²) >= 11 is 3.42. The molecule has 0 unspecified atom stereocenters. The van der Waals surface area contributed by atoms with Gasteiger partial charge >= 0.3 is 0 Å². The van der Waals surface area contributed by atoms with E-state index in [9.17, 15) is 4.79 Å². The molecule has 2 aromatic carbocycles. The highest BCUT2D eigenvalue weighted by Crippen LogP contribution is 2.26. The van der Waals surface area contributed by atoms with Crippen molar-refractivity contribution in [1.29, 1.82) is 0 Å². The van der Waals surface area contributed by atoms with Crippen molar-refractivity contribution >= 4 is 33.2 Å². The first-order chi connectivity index (χ1) is 10.0. The third-order valence-corrected chi connectivity index (χ3v) is 3.83. The van der Waals surface area contributed by atoms with E-state index in [1.165, 1.54) is 0 Å². The van der Waals surface area contributed by atoms with Crippen molar-refractivity contribution in [3.63, 3.8) is 0 Å². The Morgan fingerprint density at radius 1 is 1.24 bits per heavy atom. The number of carbonyl (C=O) groups is 1. The molecule has 0 fully saturated rings. The first kappa shape index (κ1) is 15.6. The highest BCUT2D eigenvalue weighted by molar-refractivity contribution is 9.10. The summed E-state index contributed by atoms with van der Waals surface area (Å²) in [7, 11) is 0. The fraction of sp³-hybridized carbons (Fsp3) is 0.235. The minimum absolute atomic E-state index is 0.0141. The highest BCUT2D eigenvalue weighted by Gasteiger charge is 2.20. The Kier molecular flexibility index (Phi) is 5.02. The molecule has 0 aliphatic rings. The lowest BCUT2D eigenvalue weighted by molar-refractivity contribution is 0.0986. The van der Waals surface area contributed by atoms with Crippen LogP contribution in [0.1, 0.15) is 29.3 Å². The topological polar surface area (TPSA) is 46.3 Å². The predicted molar refractivity (Wildman–Crippen MR) is 91.7 cm³/mol. The molecule has 3 nitrogen and oxygen atoms in total. The van der Waals surface area contributed by atoms with Gasteiger partial charge in [-0.25, -0.2) is 0 Å². The van der Waals surface area contributed by atoms with Crippen LogP contribution in [0.5, 0.6) is 0 Å². The Bertz CT molecular complexity index is 655. The van der Waals surface area contributed by atoms with Crippen LogP contribution in [0.2, 0.25) is 0 Å². The first-order valence-electron chi connectivity index (χ1n) is 6.97. The van der Waals surface area contributed by atoms with Gasteiger partial charge in [0.05, 0.1) is 11.4 Å². The molecule has 0 saturated carbocycles. The predicted octanol–water partition coefficient (Wildman–Crippen LogP) is 4.40. The van der Waals surface area contributed by atoms with Crippen LogP contribution in [0.15, 0.2) is 46.9 Å². The summed E-state index contributed by atoms with van der Waals surface area (Å²) in [6.07, 6.45) is 0.871. The van der Waals surface area contributed by atoms with E-state index in [2.05, 4.69) is 15.9 Å². The summed E-state index contributed by atoms with van der Waals surface area (Å²) < 4.78 is 0.970. The number of carbonyl (C=O) groups excluding carboxylic acids is 1. The Labute approximate surface area is 133 Å². The Morgan fingerprint density at radius 2 is 1.95 bits per heavy atom. The van der Waals surface area contributed by atoms with E-state index in [0.29, 0.717) is 17.8 Å². The van der Waals surface area contributed by atoms with Gasteiger partial charge in [0.2, 0.25) is 0 Å². The monoisotopic (exact) mass is 346 g/mol. The van der Waals surface area contributed by atoms with Crippen molar-refractivity contribution in [2.45, 2.75) is 20.3 Å². The number of aryl methyl sites for hydroxylation is 1. The van der Waals surface area contributed by atoms with Crippen LogP contribution < -0.4 is 10.6 Å². The lowest BCUT2D eigenvalue weighted by Gasteiger charge is -2.24. The van der Waals surface area contributed by atoms with Crippen molar-refractivity contribution in [2.75, 3.05) is 17.2 Å². The molecule has 0 spiro atoms. The summed E-state index contributed by atoms with van der Waals surface area (Å²) in [5, 5.41) is 0. The number of nitrogen functional groups attached to an aromatic ring is 1. The minimum Gasteiger partial charge on any atom is -0.397 e. The van der Waals surface area contributed by atoms with Crippen molar-refractivity contribution in [2.24, 2.45) is 0 Å². The highest BCUT2D eigenvalue weighted by atomic mass is 79.9. The number of hydrogen-bond donors (Lipinski definition) is 1. The van der Waals surface area contributed by atoms with E-state index in [0.717, 1.165) is 22.1 Å². The molecule has 21 heavy (non-hydrogen) atoms. The molecule has 0 heterocycles. The molecule has 0 radical (unpaired) electrons. The normalized spacial score (nSPS) is 10.4. The van der Waals surface area contributed by atoms with Gasteiger partial charge in [-0.15, -0.1) is 0 Å². The second-order valence-electron chi connectivity index (χ2n) is 4.97. The molecule has 0 aliphatic heterocycles. The lowest BCUT2D eigenvalue weighted by Crippen LogP contribution is -2.32. The van der Waals surface area contributed by atoms with Crippen LogP contribution in [0, 0.1) is 6.92 Å². The number of nitrogens with zero attached hydrogens (tertiary/aromatic N) is 1. The van der Waals surface area contributed by atoms with E-state index in [1.807, 2.05) is 56.3 Å². The molecule has 2 aromatic rings. The first-order valence-corrected chi connectivity index (χ1v) is 7.76. The zero-order valence-corrected chi connectivity index (χ0v) is 13.9. The van der Waals surface area contributed by atoms with Gasteiger partial charge in [0, 0.05) is 16.6 Å². The van der Waals surface area contributed by atoms with Gasteiger partial charge in [-0.05, 0) is 49.2 Å².